The van der Waals surface area contributed by atoms with Gasteiger partial charge in [0.25, 0.3) is 0 Å². The van der Waals surface area contributed by atoms with Gasteiger partial charge in [0.1, 0.15) is 18.6 Å². The molecule has 0 radical (unpaired) electrons. The Kier molecular flexibility index (Phi) is 5.41. The smallest absolute Gasteiger partial charge is 0.489 e. The average Bonchev–Trinajstić information content (AvgIpc) is 2.82. The van der Waals surface area contributed by atoms with Crippen molar-refractivity contribution in [1.82, 2.24) is 4.90 Å². The highest BCUT2D eigenvalue weighted by Gasteiger charge is 2.51. The van der Waals surface area contributed by atoms with Crippen LogP contribution in [-0.4, -0.2) is 67.5 Å². The van der Waals surface area contributed by atoms with Crippen molar-refractivity contribution in [3.05, 3.63) is 24.3 Å². The van der Waals surface area contributed by atoms with Gasteiger partial charge in [0, 0.05) is 13.1 Å². The van der Waals surface area contributed by atoms with Crippen molar-refractivity contribution in [2.75, 3.05) is 32.9 Å². The largest absolute Gasteiger partial charge is 0.494 e. The molecule has 0 bridgehead atoms. The lowest BCUT2D eigenvalue weighted by atomic mass is 9.79. The SMILES string of the molecule is CC1(C)OB(c2ccc(OCC(O)N3CCOCC3)cc2)OC1(C)C. The molecule has 0 saturated carbocycles. The second-order valence-corrected chi connectivity index (χ2v) is 7.60. The Morgan fingerprint density at radius 1 is 1.08 bits per heavy atom. The monoisotopic (exact) mass is 349 g/mol. The summed E-state index contributed by atoms with van der Waals surface area (Å²) in [6.07, 6.45) is -0.619. The fourth-order valence-corrected chi connectivity index (χ4v) is 2.85. The molecule has 2 aliphatic heterocycles. The third kappa shape index (κ3) is 4.18. The highest BCUT2D eigenvalue weighted by atomic mass is 16.7. The lowest BCUT2D eigenvalue weighted by molar-refractivity contribution is -0.0752. The summed E-state index contributed by atoms with van der Waals surface area (Å²) in [4.78, 5) is 1.96. The molecule has 0 amide bonds. The molecule has 2 fully saturated rings. The Balaban J connectivity index is 1.54. The highest BCUT2D eigenvalue weighted by Crippen LogP contribution is 2.36. The quantitative estimate of drug-likeness (QED) is 0.801. The van der Waals surface area contributed by atoms with Gasteiger partial charge in [-0.2, -0.15) is 0 Å². The van der Waals surface area contributed by atoms with Crippen LogP contribution in [0.5, 0.6) is 5.75 Å². The molecule has 1 unspecified atom stereocenters. The van der Waals surface area contributed by atoms with Crippen LogP contribution in [-0.2, 0) is 14.0 Å². The lowest BCUT2D eigenvalue weighted by Gasteiger charge is -2.32. The Labute approximate surface area is 150 Å². The summed E-state index contributed by atoms with van der Waals surface area (Å²) in [6.45, 7) is 11.1. The van der Waals surface area contributed by atoms with E-state index in [1.54, 1.807) is 0 Å². The van der Waals surface area contributed by atoms with Gasteiger partial charge in [-0.05, 0) is 45.3 Å². The van der Waals surface area contributed by atoms with Crippen LogP contribution >= 0.6 is 0 Å². The summed E-state index contributed by atoms with van der Waals surface area (Å²) < 4.78 is 23.1. The van der Waals surface area contributed by atoms with E-state index in [1.165, 1.54) is 0 Å². The van der Waals surface area contributed by atoms with E-state index in [0.717, 1.165) is 18.6 Å². The molecule has 0 spiro atoms. The molecule has 2 aliphatic rings. The van der Waals surface area contributed by atoms with E-state index in [9.17, 15) is 5.11 Å². The zero-order valence-corrected chi connectivity index (χ0v) is 15.5. The van der Waals surface area contributed by atoms with Crippen LogP contribution in [0.25, 0.3) is 0 Å². The minimum atomic E-state index is -0.619. The predicted octanol–water partition coefficient (Wildman–Crippen LogP) is 1.02. The molecule has 138 valence electrons. The average molecular weight is 349 g/mol. The third-order valence-corrected chi connectivity index (χ3v) is 5.27. The molecular formula is C18H28BNO5. The third-order valence-electron chi connectivity index (χ3n) is 5.27. The number of aliphatic hydroxyl groups is 1. The van der Waals surface area contributed by atoms with E-state index in [-0.39, 0.29) is 24.9 Å². The van der Waals surface area contributed by atoms with Crippen molar-refractivity contribution >= 4 is 12.6 Å². The first-order valence-corrected chi connectivity index (χ1v) is 8.87. The molecule has 2 heterocycles. The fraction of sp³-hybridized carbons (Fsp3) is 0.667. The molecule has 25 heavy (non-hydrogen) atoms. The van der Waals surface area contributed by atoms with Gasteiger partial charge in [-0.25, -0.2) is 0 Å². The van der Waals surface area contributed by atoms with Gasteiger partial charge in [0.15, 0.2) is 0 Å². The first kappa shape index (κ1) is 18.7. The van der Waals surface area contributed by atoms with E-state index < -0.39 is 6.23 Å². The van der Waals surface area contributed by atoms with E-state index in [2.05, 4.69) is 0 Å². The van der Waals surface area contributed by atoms with Crippen LogP contribution in [0.15, 0.2) is 24.3 Å². The van der Waals surface area contributed by atoms with Gasteiger partial charge in [-0.15, -0.1) is 0 Å². The van der Waals surface area contributed by atoms with Gasteiger partial charge in [0.05, 0.1) is 24.4 Å². The molecule has 6 nitrogen and oxygen atoms in total. The van der Waals surface area contributed by atoms with Crippen LogP contribution in [0.2, 0.25) is 0 Å². The lowest BCUT2D eigenvalue weighted by Crippen LogP contribution is -2.46. The number of nitrogens with zero attached hydrogens (tertiary/aromatic N) is 1. The number of hydrogen-bond acceptors (Lipinski definition) is 6. The molecule has 0 aromatic heterocycles. The Morgan fingerprint density at radius 3 is 2.20 bits per heavy atom. The number of aliphatic hydroxyl groups excluding tert-OH is 1. The predicted molar refractivity (Wildman–Crippen MR) is 96.1 cm³/mol. The van der Waals surface area contributed by atoms with Gasteiger partial charge in [-0.1, -0.05) is 12.1 Å². The van der Waals surface area contributed by atoms with Crippen molar-refractivity contribution in [2.45, 2.75) is 45.1 Å². The highest BCUT2D eigenvalue weighted by molar-refractivity contribution is 6.62. The van der Waals surface area contributed by atoms with Gasteiger partial charge >= 0.3 is 7.12 Å². The molecule has 1 aromatic carbocycles. The summed E-state index contributed by atoms with van der Waals surface area (Å²) >= 11 is 0. The fourth-order valence-electron chi connectivity index (χ4n) is 2.85. The van der Waals surface area contributed by atoms with Gasteiger partial charge < -0.3 is 23.9 Å². The number of hydrogen-bond donors (Lipinski definition) is 1. The summed E-state index contributed by atoms with van der Waals surface area (Å²) in [5, 5.41) is 10.2. The van der Waals surface area contributed by atoms with Crippen molar-refractivity contribution in [1.29, 1.82) is 0 Å². The first-order valence-electron chi connectivity index (χ1n) is 8.87. The summed E-state index contributed by atoms with van der Waals surface area (Å²) in [5.74, 6) is 0.715. The summed E-state index contributed by atoms with van der Waals surface area (Å²) in [6, 6.07) is 7.65. The van der Waals surface area contributed by atoms with Crippen molar-refractivity contribution in [3.63, 3.8) is 0 Å². The molecule has 1 N–H and O–H groups in total. The Hall–Kier alpha value is -1.12. The molecular weight excluding hydrogens is 321 g/mol. The maximum absolute atomic E-state index is 10.2. The van der Waals surface area contributed by atoms with E-state index >= 15 is 0 Å². The van der Waals surface area contributed by atoms with E-state index in [1.807, 2.05) is 56.9 Å². The Morgan fingerprint density at radius 2 is 1.64 bits per heavy atom. The van der Waals surface area contributed by atoms with Crippen LogP contribution in [0.4, 0.5) is 0 Å². The normalized spacial score (nSPS) is 24.3. The minimum Gasteiger partial charge on any atom is -0.489 e. The summed E-state index contributed by atoms with van der Waals surface area (Å²) in [7, 11) is -0.377. The maximum atomic E-state index is 10.2. The molecule has 1 aromatic rings. The Bertz CT molecular complexity index is 555. The van der Waals surface area contributed by atoms with Crippen LogP contribution in [0.1, 0.15) is 27.7 Å². The zero-order chi connectivity index (χ0) is 18.1. The molecule has 2 saturated heterocycles. The molecule has 7 heteroatoms. The van der Waals surface area contributed by atoms with Crippen molar-refractivity contribution in [3.8, 4) is 5.75 Å². The van der Waals surface area contributed by atoms with Crippen molar-refractivity contribution < 1.29 is 23.9 Å². The maximum Gasteiger partial charge on any atom is 0.494 e. The number of morpholine rings is 1. The van der Waals surface area contributed by atoms with Crippen LogP contribution in [0, 0.1) is 0 Å². The first-order chi connectivity index (χ1) is 11.8. The van der Waals surface area contributed by atoms with Crippen LogP contribution in [0.3, 0.4) is 0 Å². The molecule has 3 rings (SSSR count). The second kappa shape index (κ2) is 7.25. The molecule has 0 aliphatic carbocycles. The standard InChI is InChI=1S/C18H28BNO5/c1-17(2)18(3,4)25-19(24-17)14-5-7-15(8-6-14)23-13-16(21)20-9-11-22-12-10-20/h5-8,16,21H,9-13H2,1-4H3. The van der Waals surface area contributed by atoms with Crippen LogP contribution < -0.4 is 10.2 Å². The topological polar surface area (TPSA) is 60.4 Å². The summed E-state index contributed by atoms with van der Waals surface area (Å²) in [5.41, 5.74) is 0.254. The molecule has 1 atom stereocenters. The van der Waals surface area contributed by atoms with Gasteiger partial charge in [-0.3, -0.25) is 4.90 Å². The van der Waals surface area contributed by atoms with E-state index in [4.69, 9.17) is 18.8 Å². The number of benzene rings is 1. The number of rotatable bonds is 5. The van der Waals surface area contributed by atoms with Crippen molar-refractivity contribution in [2.24, 2.45) is 0 Å². The zero-order valence-electron chi connectivity index (χ0n) is 15.5. The number of ether oxygens (including phenoxy) is 2. The van der Waals surface area contributed by atoms with Gasteiger partial charge in [0.2, 0.25) is 0 Å². The second-order valence-electron chi connectivity index (χ2n) is 7.60. The van der Waals surface area contributed by atoms with E-state index in [0.29, 0.717) is 19.0 Å². The minimum absolute atomic E-state index is 0.232.